The van der Waals surface area contributed by atoms with Crippen LogP contribution in [0.25, 0.3) is 6.08 Å². The quantitative estimate of drug-likeness (QED) is 0.374. The van der Waals surface area contributed by atoms with E-state index in [9.17, 15) is 9.18 Å². The minimum atomic E-state index is -0.537. The number of hydrogen-bond donors (Lipinski definition) is 0. The molecule has 0 spiro atoms. The van der Waals surface area contributed by atoms with Crippen molar-refractivity contribution in [3.05, 3.63) is 86.5 Å². The van der Waals surface area contributed by atoms with Crippen LogP contribution < -0.4 is 9.47 Å². The van der Waals surface area contributed by atoms with Crippen LogP contribution >= 0.6 is 22.9 Å². The Morgan fingerprint density at radius 3 is 2.73 bits per heavy atom. The van der Waals surface area contributed by atoms with Crippen LogP contribution in [0.1, 0.15) is 16.0 Å². The van der Waals surface area contributed by atoms with E-state index in [2.05, 4.69) is 4.99 Å². The van der Waals surface area contributed by atoms with E-state index in [1.54, 1.807) is 30.3 Å². The first-order valence-electron chi connectivity index (χ1n) is 8.84. The van der Waals surface area contributed by atoms with Gasteiger partial charge in [0.2, 0.25) is 5.90 Å². The maximum absolute atomic E-state index is 13.0. The zero-order valence-corrected chi connectivity index (χ0v) is 17.3. The van der Waals surface area contributed by atoms with E-state index in [1.807, 2.05) is 17.5 Å². The molecular weight excluding hydrogens is 429 g/mol. The summed E-state index contributed by atoms with van der Waals surface area (Å²) in [4.78, 5) is 17.2. The molecule has 0 N–H and O–H groups in total. The van der Waals surface area contributed by atoms with Crippen molar-refractivity contribution in [2.24, 2.45) is 4.99 Å². The summed E-state index contributed by atoms with van der Waals surface area (Å²) >= 11 is 7.82. The largest absolute Gasteiger partial charge is 0.493 e. The van der Waals surface area contributed by atoms with Gasteiger partial charge in [0.15, 0.2) is 17.2 Å². The van der Waals surface area contributed by atoms with Crippen LogP contribution in [-0.2, 0) is 16.1 Å². The van der Waals surface area contributed by atoms with Crippen molar-refractivity contribution >= 4 is 40.9 Å². The molecule has 0 unspecified atom stereocenters. The van der Waals surface area contributed by atoms with Crippen LogP contribution in [0.3, 0.4) is 0 Å². The lowest BCUT2D eigenvalue weighted by molar-refractivity contribution is -0.129. The molecule has 2 heterocycles. The number of carbonyl (C=O) groups is 1. The van der Waals surface area contributed by atoms with Gasteiger partial charge in [0.25, 0.3) is 0 Å². The smallest absolute Gasteiger partial charge is 0.363 e. The highest BCUT2D eigenvalue weighted by Gasteiger charge is 2.25. The monoisotopic (exact) mass is 443 g/mol. The van der Waals surface area contributed by atoms with Crippen LogP contribution in [0, 0.1) is 5.82 Å². The first-order chi connectivity index (χ1) is 14.5. The number of rotatable bonds is 6. The van der Waals surface area contributed by atoms with Gasteiger partial charge in [-0.05, 0) is 52.9 Å². The van der Waals surface area contributed by atoms with Gasteiger partial charge in [-0.15, -0.1) is 11.3 Å². The molecule has 1 aliphatic heterocycles. The highest BCUT2D eigenvalue weighted by atomic mass is 35.5. The third-order valence-electron chi connectivity index (χ3n) is 4.20. The predicted octanol–water partition coefficient (Wildman–Crippen LogP) is 5.47. The Bertz CT molecular complexity index is 1140. The topological polar surface area (TPSA) is 57.1 Å². The van der Waals surface area contributed by atoms with E-state index in [4.69, 9.17) is 25.8 Å². The molecule has 30 heavy (non-hydrogen) atoms. The lowest BCUT2D eigenvalue weighted by atomic mass is 10.1. The Morgan fingerprint density at radius 1 is 1.23 bits per heavy atom. The molecule has 0 amide bonds. The number of nitrogens with zero attached hydrogens (tertiary/aromatic N) is 1. The van der Waals surface area contributed by atoms with E-state index < -0.39 is 5.97 Å². The maximum atomic E-state index is 13.0. The van der Waals surface area contributed by atoms with Gasteiger partial charge in [-0.3, -0.25) is 0 Å². The third-order valence-corrected chi connectivity index (χ3v) is 5.34. The molecule has 1 aromatic heterocycles. The number of halogens is 2. The Labute approximate surface area is 181 Å². The fraction of sp³-hybridized carbons (Fsp3) is 0.0909. The molecule has 0 aliphatic carbocycles. The molecule has 0 bridgehead atoms. The average molecular weight is 444 g/mol. The van der Waals surface area contributed by atoms with Gasteiger partial charge in [0.05, 0.1) is 17.0 Å². The molecule has 5 nitrogen and oxygen atoms in total. The van der Waals surface area contributed by atoms with E-state index in [-0.39, 0.29) is 24.0 Å². The van der Waals surface area contributed by atoms with Crippen LogP contribution in [0.2, 0.25) is 5.02 Å². The molecular formula is C22H15ClFNO4S. The molecule has 8 heteroatoms. The number of methoxy groups -OCH3 is 1. The summed E-state index contributed by atoms with van der Waals surface area (Å²) in [5, 5.41) is 2.18. The van der Waals surface area contributed by atoms with Crippen molar-refractivity contribution in [3.63, 3.8) is 0 Å². The summed E-state index contributed by atoms with van der Waals surface area (Å²) in [7, 11) is 1.49. The summed E-state index contributed by atoms with van der Waals surface area (Å²) < 4.78 is 29.5. The number of benzene rings is 2. The molecule has 2 aromatic carbocycles. The molecule has 0 saturated heterocycles. The summed E-state index contributed by atoms with van der Waals surface area (Å²) in [5.74, 6) is 0.165. The number of carbonyl (C=O) groups excluding carboxylic acids is 1. The van der Waals surface area contributed by atoms with Gasteiger partial charge in [0, 0.05) is 0 Å². The van der Waals surface area contributed by atoms with Gasteiger partial charge in [0.1, 0.15) is 12.4 Å². The van der Waals surface area contributed by atoms with E-state index in [0.717, 1.165) is 10.4 Å². The summed E-state index contributed by atoms with van der Waals surface area (Å²) in [6.07, 6.45) is 1.57. The van der Waals surface area contributed by atoms with E-state index in [0.29, 0.717) is 22.1 Å². The highest BCUT2D eigenvalue weighted by molar-refractivity contribution is 7.12. The van der Waals surface area contributed by atoms with Crippen molar-refractivity contribution in [2.75, 3.05) is 7.11 Å². The van der Waals surface area contributed by atoms with Crippen molar-refractivity contribution in [1.82, 2.24) is 0 Å². The zero-order valence-electron chi connectivity index (χ0n) is 15.7. The summed E-state index contributed by atoms with van der Waals surface area (Å²) in [6, 6.07) is 13.0. The number of esters is 1. The number of aliphatic imine (C=N–C) groups is 1. The second kappa shape index (κ2) is 8.69. The fourth-order valence-electron chi connectivity index (χ4n) is 2.77. The Kier molecular flexibility index (Phi) is 5.83. The molecule has 3 aromatic rings. The normalized spacial score (nSPS) is 14.6. The van der Waals surface area contributed by atoms with Gasteiger partial charge in [-0.1, -0.05) is 29.8 Å². The lowest BCUT2D eigenvalue weighted by Gasteiger charge is -2.13. The molecule has 4 rings (SSSR count). The Morgan fingerprint density at radius 2 is 2.03 bits per heavy atom. The number of thiophene rings is 1. The molecule has 1 aliphatic rings. The average Bonchev–Trinajstić information content (AvgIpc) is 3.38. The Hall–Kier alpha value is -3.16. The molecule has 0 fully saturated rings. The van der Waals surface area contributed by atoms with Crippen molar-refractivity contribution in [2.45, 2.75) is 6.61 Å². The van der Waals surface area contributed by atoms with E-state index in [1.165, 1.54) is 30.6 Å². The van der Waals surface area contributed by atoms with Gasteiger partial charge in [-0.2, -0.15) is 0 Å². The molecule has 0 atom stereocenters. The number of hydrogen-bond acceptors (Lipinski definition) is 6. The van der Waals surface area contributed by atoms with Crippen LogP contribution in [0.5, 0.6) is 11.5 Å². The lowest BCUT2D eigenvalue weighted by Crippen LogP contribution is -2.03. The van der Waals surface area contributed by atoms with Crippen molar-refractivity contribution < 1.29 is 23.4 Å². The number of cyclic esters (lactones) is 1. The molecule has 0 saturated carbocycles. The minimum Gasteiger partial charge on any atom is -0.493 e. The molecule has 152 valence electrons. The van der Waals surface area contributed by atoms with Crippen molar-refractivity contribution in [3.8, 4) is 11.5 Å². The van der Waals surface area contributed by atoms with Gasteiger partial charge < -0.3 is 14.2 Å². The molecule has 0 radical (unpaired) electrons. The van der Waals surface area contributed by atoms with Crippen LogP contribution in [0.4, 0.5) is 4.39 Å². The summed E-state index contributed by atoms with van der Waals surface area (Å²) in [5.41, 5.74) is 1.55. The maximum Gasteiger partial charge on any atom is 0.363 e. The first kappa shape index (κ1) is 20.1. The van der Waals surface area contributed by atoms with E-state index >= 15 is 0 Å². The van der Waals surface area contributed by atoms with Crippen molar-refractivity contribution in [1.29, 1.82) is 0 Å². The Balaban J connectivity index is 1.58. The predicted molar refractivity (Wildman–Crippen MR) is 114 cm³/mol. The standard InChI is InChI=1S/C22H15ClFNO4S/c1-27-18-11-14(10-17-22(26)29-21(25-17)19-3-2-8-30-19)9-16(23)20(18)28-12-13-4-6-15(24)7-5-13/h2-11H,12H2,1H3. The van der Waals surface area contributed by atoms with Gasteiger partial charge >= 0.3 is 5.97 Å². The second-order valence-electron chi connectivity index (χ2n) is 6.26. The summed E-state index contributed by atoms with van der Waals surface area (Å²) in [6.45, 7) is 0.192. The number of ether oxygens (including phenoxy) is 3. The third kappa shape index (κ3) is 4.37. The second-order valence-corrected chi connectivity index (χ2v) is 7.62. The first-order valence-corrected chi connectivity index (χ1v) is 10.1. The zero-order chi connectivity index (χ0) is 21.1. The SMILES string of the molecule is COc1cc(C=C2N=C(c3cccs3)OC2=O)cc(Cl)c1OCc1ccc(F)cc1. The fourth-order valence-corrected chi connectivity index (χ4v) is 3.69. The van der Waals surface area contributed by atoms with Crippen LogP contribution in [-0.4, -0.2) is 19.0 Å². The highest BCUT2D eigenvalue weighted by Crippen LogP contribution is 2.38. The van der Waals surface area contributed by atoms with Crippen LogP contribution in [0.15, 0.2) is 64.6 Å². The minimum absolute atomic E-state index is 0.163. The van der Waals surface area contributed by atoms with Gasteiger partial charge in [-0.25, -0.2) is 14.2 Å².